The molecule has 0 spiro atoms. The molecule has 7 N–H and O–H groups in total. The molecule has 0 saturated carbocycles. The molecule has 2 rings (SSSR count). The van der Waals surface area contributed by atoms with Gasteiger partial charge < -0.3 is 36.6 Å². The Kier molecular flexibility index (Phi) is 19.3. The van der Waals surface area contributed by atoms with Crippen molar-refractivity contribution in [1.82, 2.24) is 0 Å². The first-order valence-corrected chi connectivity index (χ1v) is 8.64. The zero-order valence-electron chi connectivity index (χ0n) is 16.5. The molecule has 0 heterocycles. The van der Waals surface area contributed by atoms with Gasteiger partial charge in [-0.3, -0.25) is 0 Å². The van der Waals surface area contributed by atoms with Crippen LogP contribution in [0.3, 0.4) is 0 Å². The van der Waals surface area contributed by atoms with Crippen LogP contribution in [-0.2, 0) is 0 Å². The van der Waals surface area contributed by atoms with Gasteiger partial charge in [0.2, 0.25) is 0 Å². The Bertz CT molecular complexity index is 608. The Hall–Kier alpha value is -1.32. The summed E-state index contributed by atoms with van der Waals surface area (Å²) >= 11 is 0. The van der Waals surface area contributed by atoms with Crippen LogP contribution in [0.1, 0.15) is 0 Å². The van der Waals surface area contributed by atoms with Crippen molar-refractivity contribution in [3.63, 3.8) is 0 Å². The van der Waals surface area contributed by atoms with Gasteiger partial charge >= 0.3 is 0 Å². The van der Waals surface area contributed by atoms with Crippen LogP contribution in [-0.4, -0.2) is 60.8 Å². The highest BCUT2D eigenvalue weighted by molar-refractivity contribution is 5.86. The number of nitrogen functional groups attached to an aromatic ring is 2. The Balaban J connectivity index is -0.00000182. The number of hydrogen-bond donors (Lipinski definition) is 5. The van der Waals surface area contributed by atoms with Gasteiger partial charge in [0.1, 0.15) is 0 Å². The minimum absolute atomic E-state index is 0. The quantitative estimate of drug-likeness (QED) is 0.314. The maximum atomic E-state index is 10.6. The van der Waals surface area contributed by atoms with Crippen LogP contribution in [0.4, 0.5) is 22.7 Å². The Labute approximate surface area is 202 Å². The minimum atomic E-state index is -0.678. The second-order valence-electron chi connectivity index (χ2n) is 6.18. The third-order valence-corrected chi connectivity index (χ3v) is 4.12. The van der Waals surface area contributed by atoms with Gasteiger partial charge in [0.05, 0.1) is 19.3 Å². The molecule has 0 bridgehead atoms. The van der Waals surface area contributed by atoms with Crippen LogP contribution in [0.25, 0.3) is 0 Å². The van der Waals surface area contributed by atoms with E-state index in [-0.39, 0.29) is 62.8 Å². The van der Waals surface area contributed by atoms with E-state index in [1.807, 2.05) is 34.1 Å². The van der Waals surface area contributed by atoms with Gasteiger partial charge in [-0.1, -0.05) is 0 Å². The molecule has 0 atom stereocenters. The molecular weight excluding hydrogens is 474 g/mol. The summed E-state index contributed by atoms with van der Waals surface area (Å²) in [4.78, 5) is 3.81. The summed E-state index contributed by atoms with van der Waals surface area (Å²) in [6, 6.07) is 14.6. The average Bonchev–Trinajstić information content (AvgIpc) is 2.62. The molecule has 30 heavy (non-hydrogen) atoms. The molecule has 0 amide bonds. The van der Waals surface area contributed by atoms with Crippen molar-refractivity contribution >= 4 is 72.4 Å². The van der Waals surface area contributed by atoms with E-state index in [0.29, 0.717) is 37.6 Å². The van der Waals surface area contributed by atoms with Gasteiger partial charge in [-0.05, 0) is 48.5 Å². The predicted molar refractivity (Wildman–Crippen MR) is 135 cm³/mol. The van der Waals surface area contributed by atoms with E-state index in [9.17, 15) is 15.3 Å². The molecule has 2 aromatic rings. The van der Waals surface area contributed by atoms with Crippen molar-refractivity contribution in [1.29, 1.82) is 0 Å². The second-order valence-corrected chi connectivity index (χ2v) is 6.18. The molecule has 2 aromatic carbocycles. The molecule has 11 heteroatoms. The largest absolute Gasteiger partial charge is 0.399 e. The summed E-state index contributed by atoms with van der Waals surface area (Å²) in [6.07, 6.45) is -0.678. The molecule has 0 aliphatic heterocycles. The Morgan fingerprint density at radius 1 is 0.633 bits per heavy atom. The number of aliphatic hydroxyl groups excluding tert-OH is 3. The van der Waals surface area contributed by atoms with Crippen LogP contribution >= 0.6 is 49.6 Å². The first-order chi connectivity index (χ1) is 12.5. The molecular formula is C19H32Cl4N4O3. The predicted octanol–water partition coefficient (Wildman–Crippen LogP) is 2.20. The molecule has 174 valence electrons. The van der Waals surface area contributed by atoms with Crippen molar-refractivity contribution in [2.24, 2.45) is 0 Å². The number of nitrogens with two attached hydrogens (primary N) is 2. The van der Waals surface area contributed by atoms with E-state index >= 15 is 0 Å². The molecule has 0 aromatic heterocycles. The summed E-state index contributed by atoms with van der Waals surface area (Å²) in [6.45, 7) is 1.47. The molecule has 0 fully saturated rings. The number of hydrogen-bond acceptors (Lipinski definition) is 7. The van der Waals surface area contributed by atoms with Crippen molar-refractivity contribution in [2.75, 3.05) is 60.7 Å². The topological polar surface area (TPSA) is 119 Å². The standard InChI is InChI=1S/C19H28N4O3.4ClH/c20-15-1-5-17(6-2-15)22(9-11-24)13-19(26)14-23(10-12-25)18-7-3-16(21)4-8-18;;;;/h1-8,19,24-26H,9-14,20-21H2;4*1H. The lowest BCUT2D eigenvalue weighted by atomic mass is 10.2. The molecule has 0 saturated heterocycles. The normalized spacial score (nSPS) is 9.47. The lowest BCUT2D eigenvalue weighted by Crippen LogP contribution is -2.42. The van der Waals surface area contributed by atoms with Crippen molar-refractivity contribution in [3.05, 3.63) is 48.5 Å². The van der Waals surface area contributed by atoms with E-state index in [4.69, 9.17) is 11.5 Å². The number of benzene rings is 2. The highest BCUT2D eigenvalue weighted by atomic mass is 35.5. The van der Waals surface area contributed by atoms with Gasteiger partial charge in [0.15, 0.2) is 0 Å². The monoisotopic (exact) mass is 504 g/mol. The van der Waals surface area contributed by atoms with Gasteiger partial charge in [-0.25, -0.2) is 0 Å². The van der Waals surface area contributed by atoms with Gasteiger partial charge in [-0.2, -0.15) is 0 Å². The van der Waals surface area contributed by atoms with E-state index in [0.717, 1.165) is 11.4 Å². The van der Waals surface area contributed by atoms with E-state index in [2.05, 4.69) is 0 Å². The van der Waals surface area contributed by atoms with Gasteiger partial charge in [0, 0.05) is 48.9 Å². The maximum absolute atomic E-state index is 10.6. The number of halogens is 4. The smallest absolute Gasteiger partial charge is 0.0889 e. The molecule has 7 nitrogen and oxygen atoms in total. The van der Waals surface area contributed by atoms with E-state index in [1.165, 1.54) is 0 Å². The van der Waals surface area contributed by atoms with Crippen molar-refractivity contribution in [2.45, 2.75) is 6.10 Å². The van der Waals surface area contributed by atoms with Gasteiger partial charge in [0.25, 0.3) is 0 Å². The lowest BCUT2D eigenvalue weighted by molar-refractivity contribution is 0.180. The first kappa shape index (κ1) is 33.3. The fourth-order valence-electron chi connectivity index (χ4n) is 2.83. The average molecular weight is 506 g/mol. The maximum Gasteiger partial charge on any atom is 0.0889 e. The summed E-state index contributed by atoms with van der Waals surface area (Å²) < 4.78 is 0. The van der Waals surface area contributed by atoms with Crippen LogP contribution < -0.4 is 21.3 Å². The Morgan fingerprint density at radius 3 is 1.20 bits per heavy atom. The van der Waals surface area contributed by atoms with E-state index < -0.39 is 6.10 Å². The fraction of sp³-hybridized carbons (Fsp3) is 0.368. The van der Waals surface area contributed by atoms with Crippen molar-refractivity contribution < 1.29 is 15.3 Å². The summed E-state index contributed by atoms with van der Waals surface area (Å²) in [7, 11) is 0. The fourth-order valence-corrected chi connectivity index (χ4v) is 2.83. The summed E-state index contributed by atoms with van der Waals surface area (Å²) in [5.41, 5.74) is 14.5. The first-order valence-electron chi connectivity index (χ1n) is 8.64. The van der Waals surface area contributed by atoms with Crippen LogP contribution in [0.2, 0.25) is 0 Å². The number of anilines is 4. The summed E-state index contributed by atoms with van der Waals surface area (Å²) in [5.74, 6) is 0. The molecule has 0 aliphatic rings. The second kappa shape index (κ2) is 17.4. The van der Waals surface area contributed by atoms with Crippen LogP contribution in [0.15, 0.2) is 48.5 Å². The van der Waals surface area contributed by atoms with Crippen LogP contribution in [0.5, 0.6) is 0 Å². The Morgan fingerprint density at radius 2 is 0.933 bits per heavy atom. The van der Waals surface area contributed by atoms with E-state index in [1.54, 1.807) is 24.3 Å². The number of aliphatic hydroxyl groups is 3. The zero-order chi connectivity index (χ0) is 18.9. The lowest BCUT2D eigenvalue weighted by Gasteiger charge is -2.31. The summed E-state index contributed by atoms with van der Waals surface area (Å²) in [5, 5.41) is 29.2. The van der Waals surface area contributed by atoms with Crippen LogP contribution in [0, 0.1) is 0 Å². The minimum Gasteiger partial charge on any atom is -0.399 e. The third-order valence-electron chi connectivity index (χ3n) is 4.12. The molecule has 0 radical (unpaired) electrons. The van der Waals surface area contributed by atoms with Gasteiger partial charge in [-0.15, -0.1) is 49.6 Å². The SMILES string of the molecule is Cl.Cl.Cl.Cl.Nc1ccc(N(CCO)CC(O)CN(CCO)c2ccc(N)cc2)cc1. The number of nitrogens with zero attached hydrogens (tertiary/aromatic N) is 2. The molecule has 0 aliphatic carbocycles. The highest BCUT2D eigenvalue weighted by Crippen LogP contribution is 2.19. The highest BCUT2D eigenvalue weighted by Gasteiger charge is 2.16. The number of rotatable bonds is 10. The third kappa shape index (κ3) is 10.6. The molecule has 0 unspecified atom stereocenters. The zero-order valence-corrected chi connectivity index (χ0v) is 19.7. The van der Waals surface area contributed by atoms with Crippen molar-refractivity contribution in [3.8, 4) is 0 Å².